The summed E-state index contributed by atoms with van der Waals surface area (Å²) in [5.41, 5.74) is 4.50. The largest absolute Gasteiger partial charge is 0.310 e. The average molecular weight is 350 g/mol. The van der Waals surface area contributed by atoms with E-state index >= 15 is 0 Å². The smallest absolute Gasteiger partial charge is 0.127 e. The van der Waals surface area contributed by atoms with E-state index in [1.165, 1.54) is 22.8 Å². The summed E-state index contributed by atoms with van der Waals surface area (Å²) >= 11 is 3.30. The zero-order valence-corrected chi connectivity index (χ0v) is 14.3. The lowest BCUT2D eigenvalue weighted by Crippen LogP contribution is -2.23. The number of hydrogen-bond acceptors (Lipinski definition) is 1. The van der Waals surface area contributed by atoms with E-state index < -0.39 is 0 Å². The first kappa shape index (κ1) is 16.2. The van der Waals surface area contributed by atoms with Crippen LogP contribution in [0.3, 0.4) is 0 Å². The van der Waals surface area contributed by atoms with Gasteiger partial charge in [-0.05, 0) is 61.2 Å². The molecule has 1 atom stereocenters. The van der Waals surface area contributed by atoms with Crippen LogP contribution >= 0.6 is 15.9 Å². The quantitative estimate of drug-likeness (QED) is 0.791. The predicted octanol–water partition coefficient (Wildman–Crippen LogP) is 5.10. The molecule has 0 aliphatic rings. The molecule has 2 rings (SSSR count). The predicted molar refractivity (Wildman–Crippen MR) is 90.1 cm³/mol. The average Bonchev–Trinajstić information content (AvgIpc) is 2.44. The van der Waals surface area contributed by atoms with Crippen LogP contribution in [0.15, 0.2) is 40.9 Å². The van der Waals surface area contributed by atoms with Gasteiger partial charge >= 0.3 is 0 Å². The van der Waals surface area contributed by atoms with Crippen molar-refractivity contribution in [2.45, 2.75) is 33.2 Å². The zero-order chi connectivity index (χ0) is 15.4. The number of rotatable bonds is 5. The molecule has 0 saturated carbocycles. The fourth-order valence-electron chi connectivity index (χ4n) is 2.44. The highest BCUT2D eigenvalue weighted by atomic mass is 79.9. The molecule has 0 radical (unpaired) electrons. The minimum atomic E-state index is -0.156. The molecule has 3 heteroatoms. The second-order valence-corrected chi connectivity index (χ2v) is 6.31. The Kier molecular flexibility index (Phi) is 5.54. The molecule has 0 aromatic heterocycles. The number of benzene rings is 2. The van der Waals surface area contributed by atoms with E-state index in [2.05, 4.69) is 60.2 Å². The van der Waals surface area contributed by atoms with Gasteiger partial charge in [0.2, 0.25) is 0 Å². The van der Waals surface area contributed by atoms with Crippen molar-refractivity contribution in [2.24, 2.45) is 0 Å². The van der Waals surface area contributed by atoms with E-state index in [4.69, 9.17) is 0 Å². The first-order chi connectivity index (χ1) is 10.0. The van der Waals surface area contributed by atoms with Crippen molar-refractivity contribution in [1.29, 1.82) is 0 Å². The van der Waals surface area contributed by atoms with Gasteiger partial charge in [-0.25, -0.2) is 4.39 Å². The van der Waals surface area contributed by atoms with Crippen LogP contribution < -0.4 is 5.32 Å². The van der Waals surface area contributed by atoms with Crippen LogP contribution in [0.2, 0.25) is 0 Å². The number of aryl methyl sites for hydroxylation is 2. The van der Waals surface area contributed by atoms with Crippen LogP contribution in [0.5, 0.6) is 0 Å². The van der Waals surface area contributed by atoms with Gasteiger partial charge in [-0.2, -0.15) is 0 Å². The van der Waals surface area contributed by atoms with E-state index in [-0.39, 0.29) is 11.9 Å². The van der Waals surface area contributed by atoms with Gasteiger partial charge in [0.1, 0.15) is 5.82 Å². The van der Waals surface area contributed by atoms with Gasteiger partial charge in [0.15, 0.2) is 0 Å². The van der Waals surface area contributed by atoms with Crippen molar-refractivity contribution in [3.8, 4) is 0 Å². The monoisotopic (exact) mass is 349 g/mol. The Labute approximate surface area is 134 Å². The molecule has 0 bridgehead atoms. The molecule has 1 N–H and O–H groups in total. The van der Waals surface area contributed by atoms with Crippen molar-refractivity contribution >= 4 is 15.9 Å². The molecule has 21 heavy (non-hydrogen) atoms. The third-order valence-electron chi connectivity index (χ3n) is 3.82. The van der Waals surface area contributed by atoms with Gasteiger partial charge in [0.05, 0.1) is 0 Å². The zero-order valence-electron chi connectivity index (χ0n) is 12.7. The van der Waals surface area contributed by atoms with Gasteiger partial charge in [0, 0.05) is 10.5 Å². The lowest BCUT2D eigenvalue weighted by molar-refractivity contribution is 0.527. The van der Waals surface area contributed by atoms with E-state index in [1.54, 1.807) is 0 Å². The highest BCUT2D eigenvalue weighted by Gasteiger charge is 2.14. The summed E-state index contributed by atoms with van der Waals surface area (Å²) in [5, 5.41) is 3.46. The highest BCUT2D eigenvalue weighted by Crippen LogP contribution is 2.24. The minimum absolute atomic E-state index is 0.130. The lowest BCUT2D eigenvalue weighted by atomic mass is 9.95. The van der Waals surface area contributed by atoms with Gasteiger partial charge < -0.3 is 5.32 Å². The molecule has 2 aromatic rings. The Bertz CT molecular complexity index is 625. The molecule has 2 aromatic carbocycles. The van der Waals surface area contributed by atoms with E-state index in [0.717, 1.165) is 16.6 Å². The maximum absolute atomic E-state index is 14.1. The maximum atomic E-state index is 14.1. The fraction of sp³-hybridized carbons (Fsp3) is 0.333. The van der Waals surface area contributed by atoms with Crippen LogP contribution in [0, 0.1) is 19.7 Å². The van der Waals surface area contributed by atoms with Crippen LogP contribution in [-0.4, -0.2) is 6.54 Å². The standard InChI is InChI=1S/C18H21BrFN/c1-4-21-18(15-6-5-12(2)13(3)9-15)10-14-7-8-16(19)11-17(14)20/h5-9,11,18,21H,4,10H2,1-3H3. The number of nitrogens with one attached hydrogen (secondary N) is 1. The summed E-state index contributed by atoms with van der Waals surface area (Å²) in [6.45, 7) is 7.15. The Morgan fingerprint density at radius 2 is 1.86 bits per heavy atom. The number of likely N-dealkylation sites (N-methyl/N-ethyl adjacent to an activating group) is 1. The molecule has 0 saturated heterocycles. The topological polar surface area (TPSA) is 12.0 Å². The normalized spacial score (nSPS) is 12.4. The molecule has 0 aliphatic carbocycles. The van der Waals surface area contributed by atoms with Crippen LogP contribution in [0.25, 0.3) is 0 Å². The highest BCUT2D eigenvalue weighted by molar-refractivity contribution is 9.10. The van der Waals surface area contributed by atoms with Crippen molar-refractivity contribution in [3.63, 3.8) is 0 Å². The van der Waals surface area contributed by atoms with Gasteiger partial charge in [-0.3, -0.25) is 0 Å². The summed E-state index contributed by atoms with van der Waals surface area (Å²) in [4.78, 5) is 0. The van der Waals surface area contributed by atoms with E-state index in [9.17, 15) is 4.39 Å². The van der Waals surface area contributed by atoms with Gasteiger partial charge in [-0.1, -0.05) is 47.1 Å². The second kappa shape index (κ2) is 7.19. The summed E-state index contributed by atoms with van der Waals surface area (Å²) in [7, 11) is 0. The Hall–Kier alpha value is -1.19. The molecule has 1 nitrogen and oxygen atoms in total. The first-order valence-electron chi connectivity index (χ1n) is 7.25. The SMILES string of the molecule is CCNC(Cc1ccc(Br)cc1F)c1ccc(C)c(C)c1. The van der Waals surface area contributed by atoms with Gasteiger partial charge in [-0.15, -0.1) is 0 Å². The van der Waals surface area contributed by atoms with Gasteiger partial charge in [0.25, 0.3) is 0 Å². The molecule has 1 unspecified atom stereocenters. The molecule has 0 aliphatic heterocycles. The van der Waals surface area contributed by atoms with Crippen LogP contribution in [-0.2, 0) is 6.42 Å². The fourth-order valence-corrected chi connectivity index (χ4v) is 2.78. The molecular formula is C18H21BrFN. The van der Waals surface area contributed by atoms with E-state index in [0.29, 0.717) is 6.42 Å². The van der Waals surface area contributed by atoms with Crippen molar-refractivity contribution in [3.05, 3.63) is 68.9 Å². The lowest BCUT2D eigenvalue weighted by Gasteiger charge is -2.20. The van der Waals surface area contributed by atoms with Crippen LogP contribution in [0.1, 0.15) is 35.2 Å². The molecule has 0 amide bonds. The Balaban J connectivity index is 2.28. The number of hydrogen-bond donors (Lipinski definition) is 1. The Morgan fingerprint density at radius 3 is 2.48 bits per heavy atom. The molecule has 0 heterocycles. The molecule has 0 spiro atoms. The van der Waals surface area contributed by atoms with E-state index in [1.807, 2.05) is 12.1 Å². The van der Waals surface area contributed by atoms with Crippen molar-refractivity contribution < 1.29 is 4.39 Å². The van der Waals surface area contributed by atoms with Crippen LogP contribution in [0.4, 0.5) is 4.39 Å². The minimum Gasteiger partial charge on any atom is -0.310 e. The summed E-state index contributed by atoms with van der Waals surface area (Å²) < 4.78 is 14.8. The third kappa shape index (κ3) is 4.14. The molecular weight excluding hydrogens is 329 g/mol. The molecule has 0 fully saturated rings. The van der Waals surface area contributed by atoms with Crippen molar-refractivity contribution in [2.75, 3.05) is 6.54 Å². The van der Waals surface area contributed by atoms with Crippen molar-refractivity contribution in [1.82, 2.24) is 5.32 Å². The maximum Gasteiger partial charge on any atom is 0.127 e. The first-order valence-corrected chi connectivity index (χ1v) is 8.05. The summed E-state index contributed by atoms with van der Waals surface area (Å²) in [6, 6.07) is 11.9. The number of halogens is 2. The molecule has 112 valence electrons. The third-order valence-corrected chi connectivity index (χ3v) is 4.32. The second-order valence-electron chi connectivity index (χ2n) is 5.39. The summed E-state index contributed by atoms with van der Waals surface area (Å²) in [5.74, 6) is -0.156. The summed E-state index contributed by atoms with van der Waals surface area (Å²) in [6.07, 6.45) is 0.648. The Morgan fingerprint density at radius 1 is 1.10 bits per heavy atom.